The van der Waals surface area contributed by atoms with Crippen molar-refractivity contribution >= 4 is 11.9 Å². The summed E-state index contributed by atoms with van der Waals surface area (Å²) in [5.74, 6) is 0.909. The van der Waals surface area contributed by atoms with E-state index in [-0.39, 0.29) is 5.97 Å². The molecule has 0 amide bonds. The first-order valence-corrected chi connectivity index (χ1v) is 9.61. The third-order valence-electron chi connectivity index (χ3n) is 3.88. The summed E-state index contributed by atoms with van der Waals surface area (Å²) in [5, 5.41) is 0. The highest BCUT2D eigenvalue weighted by Gasteiger charge is 2.09. The number of hydrogen-bond acceptors (Lipinski definition) is 6. The number of benzene rings is 2. The highest BCUT2D eigenvalue weighted by atomic mass is 16.5. The Morgan fingerprint density at radius 3 is 2.07 bits per heavy atom. The largest absolute Gasteiger partial charge is 0.494 e. The van der Waals surface area contributed by atoms with Crippen molar-refractivity contribution in [2.75, 3.05) is 19.8 Å². The molecule has 0 N–H and O–H groups in total. The van der Waals surface area contributed by atoms with Gasteiger partial charge in [-0.1, -0.05) is 19.2 Å². The van der Waals surface area contributed by atoms with Gasteiger partial charge in [0.15, 0.2) is 0 Å². The quantitative estimate of drug-likeness (QED) is 0.165. The van der Waals surface area contributed by atoms with E-state index in [0.29, 0.717) is 54.6 Å². The fourth-order valence-electron chi connectivity index (χ4n) is 2.29. The van der Waals surface area contributed by atoms with E-state index in [1.165, 1.54) is 0 Å². The molecule has 0 atom stereocenters. The number of carbonyl (C=O) groups excluding carboxylic acids is 2. The van der Waals surface area contributed by atoms with Crippen LogP contribution in [-0.2, 0) is 9.53 Å². The molecule has 2 aromatic rings. The van der Waals surface area contributed by atoms with Crippen LogP contribution in [0.2, 0.25) is 0 Å². The minimum Gasteiger partial charge on any atom is -0.494 e. The first-order valence-electron chi connectivity index (χ1n) is 9.61. The predicted octanol–water partition coefficient (Wildman–Crippen LogP) is 4.75. The summed E-state index contributed by atoms with van der Waals surface area (Å²) < 4.78 is 21.4. The van der Waals surface area contributed by atoms with Crippen LogP contribution in [0, 0.1) is 0 Å². The molecular weight excluding hydrogens is 384 g/mol. The van der Waals surface area contributed by atoms with Crippen molar-refractivity contribution in [1.82, 2.24) is 0 Å². The Kier molecular flexibility index (Phi) is 9.18. The van der Waals surface area contributed by atoms with Crippen LogP contribution in [0.3, 0.4) is 0 Å². The lowest BCUT2D eigenvalue weighted by Crippen LogP contribution is -2.08. The molecule has 2 aromatic carbocycles. The first kappa shape index (κ1) is 22.7. The van der Waals surface area contributed by atoms with Crippen LogP contribution in [0.4, 0.5) is 0 Å². The summed E-state index contributed by atoms with van der Waals surface area (Å²) >= 11 is 0. The van der Waals surface area contributed by atoms with Gasteiger partial charge in [-0.25, -0.2) is 9.59 Å². The molecule has 0 saturated carbocycles. The maximum absolute atomic E-state index is 12.2. The van der Waals surface area contributed by atoms with Gasteiger partial charge in [-0.05, 0) is 68.3 Å². The average molecular weight is 410 g/mol. The van der Waals surface area contributed by atoms with Gasteiger partial charge >= 0.3 is 11.9 Å². The molecule has 0 aliphatic carbocycles. The van der Waals surface area contributed by atoms with E-state index in [1.807, 2.05) is 0 Å². The van der Waals surface area contributed by atoms with Crippen LogP contribution in [-0.4, -0.2) is 31.8 Å². The van der Waals surface area contributed by atoms with Gasteiger partial charge in [0.2, 0.25) is 0 Å². The van der Waals surface area contributed by atoms with Crippen molar-refractivity contribution in [3.63, 3.8) is 0 Å². The van der Waals surface area contributed by atoms with Crippen LogP contribution in [0.25, 0.3) is 0 Å². The lowest BCUT2D eigenvalue weighted by Gasteiger charge is -2.09. The molecule has 0 heterocycles. The van der Waals surface area contributed by atoms with Gasteiger partial charge in [0.1, 0.15) is 23.9 Å². The average Bonchev–Trinajstić information content (AvgIpc) is 2.75. The van der Waals surface area contributed by atoms with Gasteiger partial charge in [-0.15, -0.1) is 0 Å². The molecule has 0 fully saturated rings. The maximum Gasteiger partial charge on any atom is 0.343 e. The van der Waals surface area contributed by atoms with E-state index in [2.05, 4.69) is 13.2 Å². The second kappa shape index (κ2) is 12.1. The molecule has 30 heavy (non-hydrogen) atoms. The molecule has 0 spiro atoms. The fourth-order valence-corrected chi connectivity index (χ4v) is 2.29. The zero-order valence-corrected chi connectivity index (χ0v) is 17.1. The molecule has 0 radical (unpaired) electrons. The number of carbonyl (C=O) groups is 2. The van der Waals surface area contributed by atoms with Crippen LogP contribution >= 0.6 is 0 Å². The third kappa shape index (κ3) is 7.83. The Morgan fingerprint density at radius 2 is 1.43 bits per heavy atom. The number of esters is 2. The molecule has 158 valence electrons. The third-order valence-corrected chi connectivity index (χ3v) is 3.88. The topological polar surface area (TPSA) is 71.1 Å². The van der Waals surface area contributed by atoms with Crippen LogP contribution in [0.5, 0.6) is 17.2 Å². The molecule has 6 heteroatoms. The van der Waals surface area contributed by atoms with Gasteiger partial charge in [0, 0.05) is 5.57 Å². The molecule has 0 bridgehead atoms. The van der Waals surface area contributed by atoms with Gasteiger partial charge in [0.05, 0.1) is 18.8 Å². The minimum atomic E-state index is -0.455. The number of ether oxygens (including phenoxy) is 4. The molecule has 0 unspecified atom stereocenters. The second-order valence-electron chi connectivity index (χ2n) is 6.46. The summed E-state index contributed by atoms with van der Waals surface area (Å²) in [5.41, 5.74) is 0.815. The van der Waals surface area contributed by atoms with Gasteiger partial charge in [-0.3, -0.25) is 0 Å². The standard InChI is InChI=1S/C24H26O6/c1-4-15-27-20-9-7-19(8-10-20)24(26)30-22-13-11-21(12-14-22)28-16-5-6-17-29-23(25)18(2)3/h4,7-14H,1-2,5-6,15-17H2,3H3. The summed E-state index contributed by atoms with van der Waals surface area (Å²) in [6.45, 7) is 9.96. The van der Waals surface area contributed by atoms with E-state index in [9.17, 15) is 9.59 Å². The monoisotopic (exact) mass is 410 g/mol. The second-order valence-corrected chi connectivity index (χ2v) is 6.46. The normalized spacial score (nSPS) is 10.0. The highest BCUT2D eigenvalue weighted by molar-refractivity contribution is 5.91. The van der Waals surface area contributed by atoms with E-state index in [0.717, 1.165) is 6.42 Å². The van der Waals surface area contributed by atoms with Crippen molar-refractivity contribution in [1.29, 1.82) is 0 Å². The van der Waals surface area contributed by atoms with Gasteiger partial charge in [-0.2, -0.15) is 0 Å². The highest BCUT2D eigenvalue weighted by Crippen LogP contribution is 2.20. The summed E-state index contributed by atoms with van der Waals surface area (Å²) in [4.78, 5) is 23.5. The Bertz CT molecular complexity index is 852. The molecular formula is C24H26O6. The fraction of sp³-hybridized carbons (Fsp3) is 0.250. The predicted molar refractivity (Wildman–Crippen MR) is 114 cm³/mol. The van der Waals surface area contributed by atoms with E-state index in [4.69, 9.17) is 18.9 Å². The number of unbranched alkanes of at least 4 members (excludes halogenated alkanes) is 1. The lowest BCUT2D eigenvalue weighted by molar-refractivity contribution is -0.139. The van der Waals surface area contributed by atoms with Gasteiger partial charge < -0.3 is 18.9 Å². The van der Waals surface area contributed by atoms with Gasteiger partial charge in [0.25, 0.3) is 0 Å². The zero-order chi connectivity index (χ0) is 21.8. The number of hydrogen-bond donors (Lipinski definition) is 0. The molecule has 0 aliphatic rings. The van der Waals surface area contributed by atoms with Crippen molar-refractivity contribution in [3.05, 3.63) is 78.9 Å². The van der Waals surface area contributed by atoms with Crippen LogP contribution in [0.15, 0.2) is 73.3 Å². The van der Waals surface area contributed by atoms with Crippen molar-refractivity contribution in [2.24, 2.45) is 0 Å². The van der Waals surface area contributed by atoms with Crippen LogP contribution in [0.1, 0.15) is 30.1 Å². The summed E-state index contributed by atoms with van der Waals surface area (Å²) in [6.07, 6.45) is 3.09. The van der Waals surface area contributed by atoms with Crippen molar-refractivity contribution in [3.8, 4) is 17.2 Å². The SMILES string of the molecule is C=CCOc1ccc(C(=O)Oc2ccc(OCCCCOC(=O)C(=C)C)cc2)cc1. The minimum absolute atomic E-state index is 0.339. The molecule has 2 rings (SSSR count). The number of rotatable bonds is 12. The summed E-state index contributed by atoms with van der Waals surface area (Å²) in [7, 11) is 0. The Hall–Kier alpha value is -3.54. The first-order chi connectivity index (χ1) is 14.5. The zero-order valence-electron chi connectivity index (χ0n) is 17.1. The Morgan fingerprint density at radius 1 is 0.867 bits per heavy atom. The van der Waals surface area contributed by atoms with E-state index < -0.39 is 5.97 Å². The van der Waals surface area contributed by atoms with E-state index >= 15 is 0 Å². The Labute approximate surface area is 176 Å². The summed E-state index contributed by atoms with van der Waals surface area (Å²) in [6, 6.07) is 13.5. The lowest BCUT2D eigenvalue weighted by atomic mass is 10.2. The van der Waals surface area contributed by atoms with Crippen molar-refractivity contribution < 1.29 is 28.5 Å². The van der Waals surface area contributed by atoms with Crippen LogP contribution < -0.4 is 14.2 Å². The Balaban J connectivity index is 1.72. The smallest absolute Gasteiger partial charge is 0.343 e. The molecule has 0 saturated heterocycles. The molecule has 6 nitrogen and oxygen atoms in total. The maximum atomic E-state index is 12.2. The molecule has 0 aromatic heterocycles. The van der Waals surface area contributed by atoms with E-state index in [1.54, 1.807) is 61.5 Å². The molecule has 0 aliphatic heterocycles. The van der Waals surface area contributed by atoms with Crippen molar-refractivity contribution in [2.45, 2.75) is 19.8 Å².